The average molecular weight is 410 g/mol. The molecule has 0 radical (unpaired) electrons. The van der Waals surface area contributed by atoms with Crippen molar-refractivity contribution in [2.75, 3.05) is 0 Å². The van der Waals surface area contributed by atoms with Crippen molar-refractivity contribution in [3.05, 3.63) is 23.8 Å². The number of benzene rings is 1. The van der Waals surface area contributed by atoms with E-state index in [1.54, 1.807) is 20.8 Å². The lowest BCUT2D eigenvalue weighted by molar-refractivity contribution is -0.142. The highest BCUT2D eigenvalue weighted by molar-refractivity contribution is 5.89. The molecule has 0 aromatic heterocycles. The molecule has 0 saturated carbocycles. The molecular weight excluding hydrogens is 380 g/mol. The minimum atomic E-state index is -1.16. The standard InChI is InChI=1S/C20H30N2O7/c1-5-6-7-13(18(26)27)21-17(25)14(22-19(28)29-20(2,3)4)10-12-8-9-15(23)16(24)11-12/h8-9,11,13-14,23-24H,5-7,10H2,1-4H3,(H,21,25)(H,22,28)(H,26,27)/t13?,14-/m0/s1. The molecule has 0 fully saturated rings. The van der Waals surface area contributed by atoms with Crippen molar-refractivity contribution in [1.82, 2.24) is 10.6 Å². The molecule has 2 atom stereocenters. The average Bonchev–Trinajstić information content (AvgIpc) is 2.59. The zero-order chi connectivity index (χ0) is 22.2. The van der Waals surface area contributed by atoms with Gasteiger partial charge in [-0.15, -0.1) is 0 Å². The fourth-order valence-corrected chi connectivity index (χ4v) is 2.53. The van der Waals surface area contributed by atoms with Crippen molar-refractivity contribution < 1.29 is 34.4 Å². The molecule has 0 aliphatic heterocycles. The van der Waals surface area contributed by atoms with Gasteiger partial charge in [0, 0.05) is 6.42 Å². The molecule has 0 aliphatic carbocycles. The van der Waals surface area contributed by atoms with Crippen molar-refractivity contribution >= 4 is 18.0 Å². The van der Waals surface area contributed by atoms with E-state index in [0.29, 0.717) is 12.0 Å². The first-order valence-corrected chi connectivity index (χ1v) is 9.46. The molecule has 9 nitrogen and oxygen atoms in total. The summed E-state index contributed by atoms with van der Waals surface area (Å²) in [4.78, 5) is 36.3. The number of carboxylic acids is 1. The summed E-state index contributed by atoms with van der Waals surface area (Å²) in [7, 11) is 0. The Hall–Kier alpha value is -2.97. The number of rotatable bonds is 9. The maximum absolute atomic E-state index is 12.7. The second-order valence-electron chi connectivity index (χ2n) is 7.77. The first-order valence-electron chi connectivity index (χ1n) is 9.46. The second-order valence-corrected chi connectivity index (χ2v) is 7.77. The van der Waals surface area contributed by atoms with Crippen molar-refractivity contribution in [1.29, 1.82) is 0 Å². The van der Waals surface area contributed by atoms with E-state index in [1.165, 1.54) is 18.2 Å². The Labute approximate surface area is 170 Å². The number of aliphatic carboxylic acids is 1. The lowest BCUT2D eigenvalue weighted by Crippen LogP contribution is -2.53. The van der Waals surface area contributed by atoms with E-state index >= 15 is 0 Å². The quantitative estimate of drug-likeness (QED) is 0.393. The SMILES string of the molecule is CCCCC(NC(=O)[C@H](Cc1ccc(O)c(O)c1)NC(=O)OC(C)(C)C)C(=O)O. The van der Waals surface area contributed by atoms with E-state index in [4.69, 9.17) is 4.74 Å². The van der Waals surface area contributed by atoms with Crippen LogP contribution < -0.4 is 10.6 Å². The summed E-state index contributed by atoms with van der Waals surface area (Å²) in [6.45, 7) is 6.92. The topological polar surface area (TPSA) is 145 Å². The van der Waals surface area contributed by atoms with Gasteiger partial charge >= 0.3 is 12.1 Å². The number of amides is 2. The second kappa shape index (κ2) is 10.5. The van der Waals surface area contributed by atoms with Gasteiger partial charge in [-0.05, 0) is 44.9 Å². The Morgan fingerprint density at radius 3 is 2.24 bits per heavy atom. The number of hydrogen-bond acceptors (Lipinski definition) is 6. The van der Waals surface area contributed by atoms with Crippen molar-refractivity contribution in [2.24, 2.45) is 0 Å². The first-order chi connectivity index (χ1) is 13.4. The fraction of sp³-hybridized carbons (Fsp3) is 0.550. The van der Waals surface area contributed by atoms with Gasteiger partial charge in [-0.3, -0.25) is 4.79 Å². The summed E-state index contributed by atoms with van der Waals surface area (Å²) in [5, 5.41) is 33.3. The Morgan fingerprint density at radius 2 is 1.72 bits per heavy atom. The van der Waals surface area contributed by atoms with Gasteiger partial charge in [0.2, 0.25) is 5.91 Å². The normalized spacial score (nSPS) is 13.2. The number of aromatic hydroxyl groups is 2. The number of alkyl carbamates (subject to hydrolysis) is 1. The molecule has 0 heterocycles. The van der Waals surface area contributed by atoms with E-state index in [2.05, 4.69) is 10.6 Å². The van der Waals surface area contributed by atoms with Crippen molar-refractivity contribution in [3.63, 3.8) is 0 Å². The van der Waals surface area contributed by atoms with E-state index in [-0.39, 0.29) is 24.3 Å². The molecule has 0 bridgehead atoms. The Balaban J connectivity index is 3.00. The van der Waals surface area contributed by atoms with Crippen LogP contribution >= 0.6 is 0 Å². The number of phenolic OH excluding ortho intramolecular Hbond substituents is 2. The molecule has 1 aromatic carbocycles. The summed E-state index contributed by atoms with van der Waals surface area (Å²) >= 11 is 0. The van der Waals surface area contributed by atoms with Crippen LogP contribution in [0.15, 0.2) is 18.2 Å². The van der Waals surface area contributed by atoms with Gasteiger partial charge in [0.15, 0.2) is 11.5 Å². The highest BCUT2D eigenvalue weighted by Gasteiger charge is 2.28. The van der Waals surface area contributed by atoms with Gasteiger partial charge in [0.05, 0.1) is 0 Å². The molecule has 5 N–H and O–H groups in total. The van der Waals surface area contributed by atoms with Gasteiger partial charge in [-0.2, -0.15) is 0 Å². The molecule has 2 amide bonds. The Morgan fingerprint density at radius 1 is 1.07 bits per heavy atom. The van der Waals surface area contributed by atoms with Crippen LogP contribution in [0.1, 0.15) is 52.5 Å². The summed E-state index contributed by atoms with van der Waals surface area (Å²) < 4.78 is 5.18. The fourth-order valence-electron chi connectivity index (χ4n) is 2.53. The lowest BCUT2D eigenvalue weighted by Gasteiger charge is -2.24. The molecule has 1 unspecified atom stereocenters. The maximum atomic E-state index is 12.7. The number of unbranched alkanes of at least 4 members (excludes halogenated alkanes) is 1. The van der Waals surface area contributed by atoms with Crippen molar-refractivity contribution in [3.8, 4) is 11.5 Å². The number of ether oxygens (including phenoxy) is 1. The molecule has 0 saturated heterocycles. The van der Waals surface area contributed by atoms with Crippen LogP contribution in [-0.2, 0) is 20.7 Å². The summed E-state index contributed by atoms with van der Waals surface area (Å²) in [5.74, 6) is -2.54. The molecule has 9 heteroatoms. The van der Waals surface area contributed by atoms with Crippen LogP contribution in [0.5, 0.6) is 11.5 Å². The maximum Gasteiger partial charge on any atom is 0.408 e. The predicted octanol–water partition coefficient (Wildman–Crippen LogP) is 2.29. The van der Waals surface area contributed by atoms with Gasteiger partial charge < -0.3 is 30.7 Å². The minimum absolute atomic E-state index is 0.0426. The number of carbonyl (C=O) groups is 3. The molecular formula is C20H30N2O7. The number of nitrogens with one attached hydrogen (secondary N) is 2. The number of phenols is 2. The van der Waals surface area contributed by atoms with Crippen LogP contribution in [0, 0.1) is 0 Å². The monoisotopic (exact) mass is 410 g/mol. The minimum Gasteiger partial charge on any atom is -0.504 e. The molecule has 29 heavy (non-hydrogen) atoms. The molecule has 162 valence electrons. The zero-order valence-electron chi connectivity index (χ0n) is 17.2. The number of carboxylic acid groups (broad SMARTS) is 1. The van der Waals surface area contributed by atoms with Crippen LogP contribution in [-0.4, -0.2) is 51.0 Å². The summed E-state index contributed by atoms with van der Waals surface area (Å²) in [6.07, 6.45) is 0.774. The zero-order valence-corrected chi connectivity index (χ0v) is 17.2. The smallest absolute Gasteiger partial charge is 0.408 e. The third-order valence-electron chi connectivity index (χ3n) is 3.95. The molecule has 1 rings (SSSR count). The third kappa shape index (κ3) is 8.71. The highest BCUT2D eigenvalue weighted by Crippen LogP contribution is 2.25. The van der Waals surface area contributed by atoms with Crippen LogP contribution in [0.4, 0.5) is 4.79 Å². The van der Waals surface area contributed by atoms with Crippen molar-refractivity contribution in [2.45, 2.75) is 71.1 Å². The largest absolute Gasteiger partial charge is 0.504 e. The summed E-state index contributed by atoms with van der Waals surface area (Å²) in [6, 6.07) is 1.78. The Bertz CT molecular complexity index is 728. The lowest BCUT2D eigenvalue weighted by atomic mass is 10.0. The first kappa shape index (κ1) is 24.1. The predicted molar refractivity (Wildman–Crippen MR) is 106 cm³/mol. The van der Waals surface area contributed by atoms with Crippen LogP contribution in [0.2, 0.25) is 0 Å². The van der Waals surface area contributed by atoms with Crippen LogP contribution in [0.3, 0.4) is 0 Å². The highest BCUT2D eigenvalue weighted by atomic mass is 16.6. The van der Waals surface area contributed by atoms with E-state index < -0.39 is 35.7 Å². The van der Waals surface area contributed by atoms with Gasteiger partial charge in [0.1, 0.15) is 17.7 Å². The molecule has 0 spiro atoms. The van der Waals surface area contributed by atoms with E-state index in [9.17, 15) is 29.7 Å². The van der Waals surface area contributed by atoms with E-state index in [1.807, 2.05) is 6.92 Å². The molecule has 1 aromatic rings. The number of carbonyl (C=O) groups excluding carboxylic acids is 2. The van der Waals surface area contributed by atoms with Crippen LogP contribution in [0.25, 0.3) is 0 Å². The summed E-state index contributed by atoms with van der Waals surface area (Å²) in [5.41, 5.74) is -0.330. The Kier molecular flexibility index (Phi) is 8.75. The van der Waals surface area contributed by atoms with E-state index in [0.717, 1.165) is 6.42 Å². The third-order valence-corrected chi connectivity index (χ3v) is 3.95. The van der Waals surface area contributed by atoms with Gasteiger partial charge in [-0.1, -0.05) is 25.8 Å². The van der Waals surface area contributed by atoms with Gasteiger partial charge in [-0.25, -0.2) is 9.59 Å². The molecule has 0 aliphatic rings. The van der Waals surface area contributed by atoms with Gasteiger partial charge in [0.25, 0.3) is 0 Å². The number of hydrogen-bond donors (Lipinski definition) is 5.